The molecule has 3 amide bonds. The molecule has 0 heterocycles. The van der Waals surface area contributed by atoms with Crippen molar-refractivity contribution >= 4 is 52.6 Å². The molecular formula is C33H30N4O5S. The average molecular weight is 595 g/mol. The lowest BCUT2D eigenvalue weighted by atomic mass is 10.1. The predicted molar refractivity (Wildman–Crippen MR) is 170 cm³/mol. The fourth-order valence-corrected chi connectivity index (χ4v) is 5.14. The highest BCUT2D eigenvalue weighted by Crippen LogP contribution is 2.28. The van der Waals surface area contributed by atoms with Gasteiger partial charge in [-0.3, -0.25) is 24.5 Å². The average Bonchev–Trinajstić information content (AvgIpc) is 2.99. The van der Waals surface area contributed by atoms with E-state index in [2.05, 4.69) is 16.0 Å². The highest BCUT2D eigenvalue weighted by Gasteiger charge is 2.20. The second-order valence-electron chi connectivity index (χ2n) is 9.69. The van der Waals surface area contributed by atoms with Crippen LogP contribution < -0.4 is 16.0 Å². The number of nitrogens with one attached hydrogen (secondary N) is 3. The van der Waals surface area contributed by atoms with Crippen molar-refractivity contribution in [2.45, 2.75) is 30.9 Å². The SMILES string of the molecule is Cc1cccc(C)c1NC(=O)C(C)Sc1cccc(NC(=O)/C(=C\c2ccccc2[N+](=O)[O-])NC(=O)c2ccccc2)c1. The second kappa shape index (κ2) is 14.1. The van der Waals surface area contributed by atoms with Gasteiger partial charge in [-0.05, 0) is 74.4 Å². The number of nitro groups is 1. The normalized spacial score (nSPS) is 11.7. The van der Waals surface area contributed by atoms with Gasteiger partial charge < -0.3 is 16.0 Å². The summed E-state index contributed by atoms with van der Waals surface area (Å²) in [7, 11) is 0. The van der Waals surface area contributed by atoms with Gasteiger partial charge in [0.05, 0.1) is 15.7 Å². The van der Waals surface area contributed by atoms with Crippen LogP contribution in [0.25, 0.3) is 6.08 Å². The highest BCUT2D eigenvalue weighted by atomic mass is 32.2. The molecule has 0 saturated heterocycles. The van der Waals surface area contributed by atoms with E-state index in [-0.39, 0.29) is 22.9 Å². The van der Waals surface area contributed by atoms with Gasteiger partial charge in [0.15, 0.2) is 0 Å². The van der Waals surface area contributed by atoms with Crippen molar-refractivity contribution < 1.29 is 19.3 Å². The van der Waals surface area contributed by atoms with Crippen molar-refractivity contribution in [2.24, 2.45) is 0 Å². The number of nitro benzene ring substituents is 1. The Morgan fingerprint density at radius 2 is 1.49 bits per heavy atom. The fourth-order valence-electron chi connectivity index (χ4n) is 4.21. The zero-order valence-electron chi connectivity index (χ0n) is 23.8. The molecule has 0 aromatic heterocycles. The van der Waals surface area contributed by atoms with Crippen molar-refractivity contribution in [1.29, 1.82) is 0 Å². The summed E-state index contributed by atoms with van der Waals surface area (Å²) in [5, 5.41) is 19.5. The number of aryl methyl sites for hydroxylation is 2. The summed E-state index contributed by atoms with van der Waals surface area (Å²) in [5.41, 5.74) is 3.22. The van der Waals surface area contributed by atoms with E-state index in [0.717, 1.165) is 21.7 Å². The van der Waals surface area contributed by atoms with E-state index in [1.54, 1.807) is 61.5 Å². The van der Waals surface area contributed by atoms with Crippen LogP contribution in [-0.4, -0.2) is 27.9 Å². The van der Waals surface area contributed by atoms with Crippen LogP contribution in [0, 0.1) is 24.0 Å². The van der Waals surface area contributed by atoms with Crippen LogP contribution in [0.4, 0.5) is 17.1 Å². The summed E-state index contributed by atoms with van der Waals surface area (Å²) in [4.78, 5) is 51.1. The molecule has 0 saturated carbocycles. The lowest BCUT2D eigenvalue weighted by molar-refractivity contribution is -0.385. The lowest BCUT2D eigenvalue weighted by Gasteiger charge is -2.16. The molecule has 4 aromatic rings. The van der Waals surface area contributed by atoms with Gasteiger partial charge in [0.25, 0.3) is 17.5 Å². The molecule has 0 aliphatic rings. The number of amides is 3. The minimum Gasteiger partial charge on any atom is -0.325 e. The van der Waals surface area contributed by atoms with Gasteiger partial charge >= 0.3 is 0 Å². The molecule has 0 fully saturated rings. The van der Waals surface area contributed by atoms with Crippen LogP contribution in [0.2, 0.25) is 0 Å². The Hall–Kier alpha value is -5.22. The molecule has 0 aliphatic carbocycles. The summed E-state index contributed by atoms with van der Waals surface area (Å²) in [5.74, 6) is -1.38. The molecule has 0 aliphatic heterocycles. The van der Waals surface area contributed by atoms with E-state index >= 15 is 0 Å². The molecule has 4 aromatic carbocycles. The van der Waals surface area contributed by atoms with Crippen LogP contribution in [0.5, 0.6) is 0 Å². The predicted octanol–water partition coefficient (Wildman–Crippen LogP) is 6.74. The Kier molecular flexibility index (Phi) is 10.1. The molecule has 0 radical (unpaired) electrons. The van der Waals surface area contributed by atoms with Crippen LogP contribution in [0.1, 0.15) is 34.0 Å². The van der Waals surface area contributed by atoms with Gasteiger partial charge in [-0.15, -0.1) is 11.8 Å². The summed E-state index contributed by atoms with van der Waals surface area (Å²) >= 11 is 1.33. The van der Waals surface area contributed by atoms with Crippen LogP contribution in [0.15, 0.2) is 108 Å². The first-order valence-electron chi connectivity index (χ1n) is 13.4. The minimum absolute atomic E-state index is 0.152. The monoisotopic (exact) mass is 594 g/mol. The maximum atomic E-state index is 13.4. The summed E-state index contributed by atoms with van der Waals surface area (Å²) in [6.45, 7) is 5.67. The number of benzene rings is 4. The van der Waals surface area contributed by atoms with E-state index in [1.165, 1.54) is 36.0 Å². The molecule has 218 valence electrons. The van der Waals surface area contributed by atoms with E-state index in [0.29, 0.717) is 11.3 Å². The number of carbonyl (C=O) groups is 3. The number of rotatable bonds is 10. The standard InChI is InChI=1S/C33H30N4O5S/c1-21-11-9-12-22(2)30(21)36-31(38)23(3)43-27-17-10-16-26(20-27)34-33(40)28(35-32(39)24-13-5-4-6-14-24)19-25-15-7-8-18-29(25)37(41)42/h4-20,23H,1-3H3,(H,34,40)(H,35,39)(H,36,38)/b28-19+. The van der Waals surface area contributed by atoms with Crippen LogP contribution >= 0.6 is 11.8 Å². The summed E-state index contributed by atoms with van der Waals surface area (Å²) < 4.78 is 0. The topological polar surface area (TPSA) is 130 Å². The maximum absolute atomic E-state index is 13.4. The van der Waals surface area contributed by atoms with E-state index < -0.39 is 22.0 Å². The van der Waals surface area contributed by atoms with Crippen molar-refractivity contribution in [2.75, 3.05) is 10.6 Å². The number of para-hydroxylation sites is 2. The number of thioether (sulfide) groups is 1. The fraction of sp³-hybridized carbons (Fsp3) is 0.121. The van der Waals surface area contributed by atoms with Crippen LogP contribution in [-0.2, 0) is 9.59 Å². The Labute approximate surface area is 253 Å². The molecule has 1 unspecified atom stereocenters. The number of nitrogens with zero attached hydrogens (tertiary/aromatic N) is 1. The zero-order valence-corrected chi connectivity index (χ0v) is 24.6. The Morgan fingerprint density at radius 3 is 2.19 bits per heavy atom. The van der Waals surface area contributed by atoms with Gasteiger partial charge in [0.1, 0.15) is 5.70 Å². The van der Waals surface area contributed by atoms with Crippen LogP contribution in [0.3, 0.4) is 0 Å². The number of hydrogen-bond acceptors (Lipinski definition) is 6. The quantitative estimate of drug-likeness (QED) is 0.0807. The largest absolute Gasteiger partial charge is 0.325 e. The molecule has 43 heavy (non-hydrogen) atoms. The van der Waals surface area contributed by atoms with Crippen molar-refractivity contribution in [3.63, 3.8) is 0 Å². The summed E-state index contributed by atoms with van der Waals surface area (Å²) in [6.07, 6.45) is 1.27. The molecule has 0 spiro atoms. The van der Waals surface area contributed by atoms with Gasteiger partial charge in [-0.25, -0.2) is 0 Å². The number of hydrogen-bond donors (Lipinski definition) is 3. The molecule has 9 nitrogen and oxygen atoms in total. The van der Waals surface area contributed by atoms with Crippen molar-refractivity contribution in [1.82, 2.24) is 5.32 Å². The molecule has 0 bridgehead atoms. The second-order valence-corrected chi connectivity index (χ2v) is 11.1. The smallest absolute Gasteiger partial charge is 0.276 e. The Balaban J connectivity index is 1.53. The van der Waals surface area contributed by atoms with Crippen molar-refractivity contribution in [3.8, 4) is 0 Å². The third-order valence-corrected chi connectivity index (χ3v) is 7.56. The van der Waals surface area contributed by atoms with E-state index in [1.807, 2.05) is 38.1 Å². The Morgan fingerprint density at radius 1 is 0.837 bits per heavy atom. The van der Waals surface area contributed by atoms with Gasteiger partial charge in [0, 0.05) is 27.9 Å². The Bertz CT molecular complexity index is 1680. The molecule has 10 heteroatoms. The molecule has 3 N–H and O–H groups in total. The summed E-state index contributed by atoms with van der Waals surface area (Å²) in [6, 6.07) is 27.0. The first-order chi connectivity index (χ1) is 20.6. The van der Waals surface area contributed by atoms with E-state index in [9.17, 15) is 24.5 Å². The highest BCUT2D eigenvalue weighted by molar-refractivity contribution is 8.00. The minimum atomic E-state index is -0.676. The van der Waals surface area contributed by atoms with Gasteiger partial charge in [-0.1, -0.05) is 54.6 Å². The molecular weight excluding hydrogens is 564 g/mol. The lowest BCUT2D eigenvalue weighted by Crippen LogP contribution is -2.30. The first-order valence-corrected chi connectivity index (χ1v) is 14.3. The maximum Gasteiger partial charge on any atom is 0.276 e. The number of carbonyl (C=O) groups excluding carboxylic acids is 3. The number of anilines is 2. The molecule has 1 atom stereocenters. The first kappa shape index (κ1) is 30.7. The van der Waals surface area contributed by atoms with Gasteiger partial charge in [-0.2, -0.15) is 0 Å². The van der Waals surface area contributed by atoms with E-state index in [4.69, 9.17) is 0 Å². The van der Waals surface area contributed by atoms with Gasteiger partial charge in [0.2, 0.25) is 5.91 Å². The molecule has 4 rings (SSSR count). The third-order valence-electron chi connectivity index (χ3n) is 6.47. The van der Waals surface area contributed by atoms with Crippen molar-refractivity contribution in [3.05, 3.63) is 135 Å². The zero-order chi connectivity index (χ0) is 30.9. The third kappa shape index (κ3) is 8.17.